The molecule has 1 saturated heterocycles. The van der Waals surface area contributed by atoms with Crippen LogP contribution in [-0.4, -0.2) is 76.1 Å². The van der Waals surface area contributed by atoms with E-state index in [0.717, 1.165) is 0 Å². The molecule has 0 atom stereocenters. The fourth-order valence-electron chi connectivity index (χ4n) is 2.48. The fourth-order valence-corrected chi connectivity index (χ4v) is 2.48. The Bertz CT molecular complexity index is 545. The van der Waals surface area contributed by atoms with E-state index >= 15 is 0 Å². The van der Waals surface area contributed by atoms with Gasteiger partial charge in [0.1, 0.15) is 0 Å². The maximum Gasteiger partial charge on any atom is 0.320 e. The smallest absolute Gasteiger partial charge is 0.320 e. The van der Waals surface area contributed by atoms with Crippen molar-refractivity contribution in [1.29, 1.82) is 0 Å². The molecule has 3 amide bonds. The highest BCUT2D eigenvalue weighted by atomic mass is 16.4. The van der Waals surface area contributed by atoms with Crippen molar-refractivity contribution >= 4 is 11.9 Å². The van der Waals surface area contributed by atoms with Crippen LogP contribution in [0.2, 0.25) is 0 Å². The van der Waals surface area contributed by atoms with Crippen LogP contribution in [0.3, 0.4) is 0 Å². The lowest BCUT2D eigenvalue weighted by molar-refractivity contribution is 0.0602. The summed E-state index contributed by atoms with van der Waals surface area (Å²) in [5.41, 5.74) is 0. The van der Waals surface area contributed by atoms with Crippen molar-refractivity contribution in [3.05, 3.63) is 11.8 Å². The Morgan fingerprint density at radius 1 is 1.09 bits per heavy atom. The van der Waals surface area contributed by atoms with Crippen molar-refractivity contribution in [1.82, 2.24) is 24.9 Å². The zero-order chi connectivity index (χ0) is 17.0. The molecule has 0 radical (unpaired) electrons. The van der Waals surface area contributed by atoms with Gasteiger partial charge in [-0.25, -0.2) is 4.79 Å². The lowest BCUT2D eigenvalue weighted by atomic mass is 10.2. The number of amides is 3. The highest BCUT2D eigenvalue weighted by Crippen LogP contribution is 2.14. The number of urea groups is 1. The third kappa shape index (κ3) is 3.80. The summed E-state index contributed by atoms with van der Waals surface area (Å²) < 4.78 is 5.41. The Morgan fingerprint density at radius 3 is 2.13 bits per heavy atom. The molecule has 1 aromatic heterocycles. The van der Waals surface area contributed by atoms with Gasteiger partial charge < -0.3 is 19.1 Å². The quantitative estimate of drug-likeness (QED) is 0.836. The van der Waals surface area contributed by atoms with Crippen LogP contribution in [0, 0.1) is 0 Å². The van der Waals surface area contributed by atoms with E-state index in [4.69, 9.17) is 4.42 Å². The highest BCUT2D eigenvalue weighted by molar-refractivity contribution is 5.89. The third-order valence-electron chi connectivity index (χ3n) is 3.99. The monoisotopic (exact) mass is 323 g/mol. The first kappa shape index (κ1) is 17.2. The summed E-state index contributed by atoms with van der Waals surface area (Å²) in [4.78, 5) is 29.9. The molecule has 23 heavy (non-hydrogen) atoms. The van der Waals surface area contributed by atoms with Gasteiger partial charge in [0.25, 0.3) is 0 Å². The second-order valence-corrected chi connectivity index (χ2v) is 5.83. The first-order valence-corrected chi connectivity index (χ1v) is 8.14. The predicted molar refractivity (Wildman–Crippen MR) is 84.2 cm³/mol. The minimum atomic E-state index is -0.265. The summed E-state index contributed by atoms with van der Waals surface area (Å²) in [6.45, 7) is 11.2. The number of aromatic nitrogens is 2. The third-order valence-corrected chi connectivity index (χ3v) is 3.99. The highest BCUT2D eigenvalue weighted by Gasteiger charge is 2.29. The zero-order valence-electron chi connectivity index (χ0n) is 14.3. The van der Waals surface area contributed by atoms with E-state index in [1.807, 2.05) is 27.7 Å². The van der Waals surface area contributed by atoms with Crippen molar-refractivity contribution in [2.24, 2.45) is 0 Å². The molecule has 0 aliphatic carbocycles. The molecule has 1 aromatic rings. The number of carbonyl (C=O) groups excluding carboxylic acids is 2. The van der Waals surface area contributed by atoms with Crippen molar-refractivity contribution < 1.29 is 14.0 Å². The van der Waals surface area contributed by atoms with Crippen molar-refractivity contribution in [2.75, 3.05) is 39.3 Å². The Balaban J connectivity index is 1.93. The van der Waals surface area contributed by atoms with Gasteiger partial charge in [-0.2, -0.15) is 0 Å². The number of hydrogen-bond donors (Lipinski definition) is 0. The molecule has 0 N–H and O–H groups in total. The maximum atomic E-state index is 12.4. The van der Waals surface area contributed by atoms with Crippen LogP contribution < -0.4 is 0 Å². The second kappa shape index (κ2) is 7.43. The molecule has 0 unspecified atom stereocenters. The van der Waals surface area contributed by atoms with Gasteiger partial charge >= 0.3 is 17.8 Å². The van der Waals surface area contributed by atoms with E-state index in [0.29, 0.717) is 45.2 Å². The molecule has 8 heteroatoms. The summed E-state index contributed by atoms with van der Waals surface area (Å²) in [6, 6.07) is 0.0296. The summed E-state index contributed by atoms with van der Waals surface area (Å²) in [7, 11) is 0. The molecule has 8 nitrogen and oxygen atoms in total. The maximum absolute atomic E-state index is 12.4. The van der Waals surface area contributed by atoms with E-state index in [1.54, 1.807) is 14.7 Å². The molecule has 2 heterocycles. The van der Waals surface area contributed by atoms with Gasteiger partial charge in [0, 0.05) is 45.2 Å². The van der Waals surface area contributed by atoms with Crippen LogP contribution in [0.15, 0.2) is 4.42 Å². The van der Waals surface area contributed by atoms with Gasteiger partial charge in [-0.15, -0.1) is 10.2 Å². The summed E-state index contributed by atoms with van der Waals surface area (Å²) in [5.74, 6) is 0.313. The van der Waals surface area contributed by atoms with Crippen LogP contribution in [-0.2, 0) is 0 Å². The van der Waals surface area contributed by atoms with E-state index in [-0.39, 0.29) is 23.7 Å². The number of piperazine rings is 1. The normalized spacial score (nSPS) is 15.2. The lowest BCUT2D eigenvalue weighted by Gasteiger charge is -2.36. The van der Waals surface area contributed by atoms with Crippen molar-refractivity contribution in [2.45, 2.75) is 33.6 Å². The number of carbonyl (C=O) groups is 2. The fraction of sp³-hybridized carbons (Fsp3) is 0.733. The van der Waals surface area contributed by atoms with Crippen LogP contribution in [0.5, 0.6) is 0 Å². The van der Waals surface area contributed by atoms with Gasteiger partial charge in [-0.05, 0) is 13.8 Å². The van der Waals surface area contributed by atoms with E-state index in [2.05, 4.69) is 10.2 Å². The predicted octanol–water partition coefficient (Wildman–Crippen LogP) is 1.41. The largest absolute Gasteiger partial charge is 0.417 e. The molecular formula is C15H25N5O3. The van der Waals surface area contributed by atoms with Crippen LogP contribution in [0.4, 0.5) is 4.79 Å². The van der Waals surface area contributed by atoms with Crippen LogP contribution >= 0.6 is 0 Å². The van der Waals surface area contributed by atoms with Crippen LogP contribution in [0.25, 0.3) is 0 Å². The van der Waals surface area contributed by atoms with E-state index in [1.165, 1.54) is 0 Å². The number of rotatable bonds is 4. The molecule has 1 fully saturated rings. The minimum Gasteiger partial charge on any atom is -0.417 e. The first-order chi connectivity index (χ1) is 11.0. The molecule has 0 aromatic carbocycles. The summed E-state index contributed by atoms with van der Waals surface area (Å²) >= 11 is 0. The molecule has 128 valence electrons. The molecule has 0 saturated carbocycles. The topological polar surface area (TPSA) is 82.8 Å². The van der Waals surface area contributed by atoms with Gasteiger partial charge in [-0.1, -0.05) is 13.8 Å². The van der Waals surface area contributed by atoms with Crippen molar-refractivity contribution in [3.63, 3.8) is 0 Å². The Labute approximate surface area is 136 Å². The van der Waals surface area contributed by atoms with Gasteiger partial charge in [0.05, 0.1) is 0 Å². The van der Waals surface area contributed by atoms with Crippen molar-refractivity contribution in [3.8, 4) is 0 Å². The molecular weight excluding hydrogens is 298 g/mol. The second-order valence-electron chi connectivity index (χ2n) is 5.83. The molecule has 1 aliphatic heterocycles. The minimum absolute atomic E-state index is 0.0252. The SMILES string of the molecule is CCN(CC)C(=O)N1CCN(C(=O)c2nnc(C(C)C)o2)CC1. The Kier molecular flexibility index (Phi) is 5.57. The van der Waals surface area contributed by atoms with E-state index in [9.17, 15) is 9.59 Å². The zero-order valence-corrected chi connectivity index (χ0v) is 14.3. The number of nitrogens with zero attached hydrogens (tertiary/aromatic N) is 5. The average Bonchev–Trinajstić information content (AvgIpc) is 3.05. The molecule has 1 aliphatic rings. The Hall–Kier alpha value is -2.12. The van der Waals surface area contributed by atoms with Gasteiger partial charge in [0.15, 0.2) is 0 Å². The van der Waals surface area contributed by atoms with Gasteiger partial charge in [0.2, 0.25) is 5.89 Å². The molecule has 0 spiro atoms. The first-order valence-electron chi connectivity index (χ1n) is 8.14. The summed E-state index contributed by atoms with van der Waals surface area (Å²) in [6.07, 6.45) is 0. The van der Waals surface area contributed by atoms with Gasteiger partial charge in [-0.3, -0.25) is 4.79 Å². The molecule has 2 rings (SSSR count). The van der Waals surface area contributed by atoms with E-state index < -0.39 is 0 Å². The summed E-state index contributed by atoms with van der Waals surface area (Å²) in [5, 5.41) is 7.71. The van der Waals surface area contributed by atoms with Crippen LogP contribution in [0.1, 0.15) is 50.2 Å². The molecule has 0 bridgehead atoms. The standard InChI is InChI=1S/C15H25N5O3/c1-5-18(6-2)15(22)20-9-7-19(8-10-20)14(21)13-17-16-12(23-13)11(3)4/h11H,5-10H2,1-4H3. The average molecular weight is 323 g/mol. The number of hydrogen-bond acceptors (Lipinski definition) is 5. The Morgan fingerprint density at radius 2 is 1.65 bits per heavy atom. The lowest BCUT2D eigenvalue weighted by Crippen LogP contribution is -2.54.